The zero-order chi connectivity index (χ0) is 20.0. The Morgan fingerprint density at radius 3 is 2.30 bits per heavy atom. The summed E-state index contributed by atoms with van der Waals surface area (Å²) in [6.45, 7) is 6.99. The van der Waals surface area contributed by atoms with Gasteiger partial charge in [-0.05, 0) is 26.3 Å². The van der Waals surface area contributed by atoms with Crippen LogP contribution in [-0.4, -0.2) is 70.8 Å². The summed E-state index contributed by atoms with van der Waals surface area (Å²) >= 11 is 0. The summed E-state index contributed by atoms with van der Waals surface area (Å²) in [5, 5.41) is 12.9. The van der Waals surface area contributed by atoms with Crippen LogP contribution >= 0.6 is 0 Å². The van der Waals surface area contributed by atoms with Crippen molar-refractivity contribution in [1.29, 1.82) is 0 Å². The van der Waals surface area contributed by atoms with Gasteiger partial charge < -0.3 is 20.1 Å². The van der Waals surface area contributed by atoms with Gasteiger partial charge in [0.2, 0.25) is 0 Å². The molecule has 0 aliphatic carbocycles. The summed E-state index contributed by atoms with van der Waals surface area (Å²) in [4.78, 5) is 40.0. The highest BCUT2D eigenvalue weighted by atomic mass is 16.6. The molecule has 0 bridgehead atoms. The van der Waals surface area contributed by atoms with Crippen LogP contribution in [0.1, 0.15) is 26.3 Å². The van der Waals surface area contributed by atoms with Gasteiger partial charge in [0.25, 0.3) is 0 Å². The third-order valence-corrected chi connectivity index (χ3v) is 4.05. The first-order valence-corrected chi connectivity index (χ1v) is 8.97. The number of piperazine rings is 1. The normalized spacial score (nSPS) is 15.7. The smallest absolute Gasteiger partial charge is 0.419 e. The van der Waals surface area contributed by atoms with Crippen LogP contribution in [-0.2, 0) is 16.0 Å². The predicted octanol–water partition coefficient (Wildman–Crippen LogP) is 1.94. The second kappa shape index (κ2) is 8.85. The van der Waals surface area contributed by atoms with Gasteiger partial charge in [0, 0.05) is 32.6 Å². The maximum Gasteiger partial charge on any atom is 0.419 e. The Hall–Kier alpha value is -2.61. The van der Waals surface area contributed by atoms with E-state index in [0.717, 1.165) is 4.90 Å². The molecular weight excluding hydrogens is 350 g/mol. The number of amides is 3. The Morgan fingerprint density at radius 1 is 1.19 bits per heavy atom. The van der Waals surface area contributed by atoms with Gasteiger partial charge in [0.1, 0.15) is 11.6 Å². The number of carboxylic acids is 1. The molecule has 0 spiro atoms. The van der Waals surface area contributed by atoms with Crippen LogP contribution in [0.2, 0.25) is 0 Å². The SMILES string of the molecule is CC(C)(C)OC(=O)N(C(=O)N1CCNCC1)[C@@H](Cc1ccccc1)C(=O)O. The van der Waals surface area contributed by atoms with Crippen LogP contribution in [0.25, 0.3) is 0 Å². The standard InChI is InChI=1S/C19H27N3O5/c1-19(2,3)27-18(26)22(17(25)21-11-9-20-10-12-21)15(16(23)24)13-14-7-5-4-6-8-14/h4-8,15,20H,9-13H2,1-3H3,(H,23,24)/t15-/m0/s1. The Balaban J connectivity index is 2.33. The Morgan fingerprint density at radius 2 is 1.78 bits per heavy atom. The van der Waals surface area contributed by atoms with E-state index in [0.29, 0.717) is 31.7 Å². The molecule has 1 aromatic rings. The molecule has 1 heterocycles. The first-order chi connectivity index (χ1) is 12.7. The fraction of sp³-hybridized carbons (Fsp3) is 0.526. The number of hydrogen-bond donors (Lipinski definition) is 2. The minimum atomic E-state index is -1.36. The van der Waals surface area contributed by atoms with E-state index in [4.69, 9.17) is 4.74 Å². The van der Waals surface area contributed by atoms with Gasteiger partial charge in [-0.2, -0.15) is 0 Å². The number of carboxylic acid groups (broad SMARTS) is 1. The molecule has 1 aromatic carbocycles. The van der Waals surface area contributed by atoms with E-state index in [1.807, 2.05) is 6.07 Å². The number of urea groups is 1. The van der Waals surface area contributed by atoms with E-state index in [9.17, 15) is 19.5 Å². The summed E-state index contributed by atoms with van der Waals surface area (Å²) in [6.07, 6.45) is -0.942. The number of rotatable bonds is 4. The average molecular weight is 377 g/mol. The van der Waals surface area contributed by atoms with Crippen LogP contribution in [0.4, 0.5) is 9.59 Å². The van der Waals surface area contributed by atoms with Crippen LogP contribution in [0.3, 0.4) is 0 Å². The molecule has 0 unspecified atom stereocenters. The second-order valence-electron chi connectivity index (χ2n) is 7.41. The Kier molecular flexibility index (Phi) is 6.79. The molecule has 2 rings (SSSR count). The van der Waals surface area contributed by atoms with Crippen molar-refractivity contribution in [2.45, 2.75) is 38.8 Å². The molecule has 0 radical (unpaired) electrons. The van der Waals surface area contributed by atoms with Crippen molar-refractivity contribution >= 4 is 18.1 Å². The Bertz CT molecular complexity index is 666. The van der Waals surface area contributed by atoms with Crippen LogP contribution < -0.4 is 5.32 Å². The molecule has 1 fully saturated rings. The second-order valence-corrected chi connectivity index (χ2v) is 7.41. The zero-order valence-corrected chi connectivity index (χ0v) is 16.0. The van der Waals surface area contributed by atoms with E-state index in [2.05, 4.69) is 5.32 Å². The summed E-state index contributed by atoms with van der Waals surface area (Å²) in [6, 6.07) is 6.90. The van der Waals surface area contributed by atoms with Crippen molar-refractivity contribution in [2.75, 3.05) is 26.2 Å². The average Bonchev–Trinajstić information content (AvgIpc) is 2.61. The Labute approximate surface area is 159 Å². The van der Waals surface area contributed by atoms with E-state index >= 15 is 0 Å². The third kappa shape index (κ3) is 5.96. The van der Waals surface area contributed by atoms with Crippen molar-refractivity contribution in [2.24, 2.45) is 0 Å². The van der Waals surface area contributed by atoms with E-state index in [1.54, 1.807) is 45.0 Å². The molecule has 8 nitrogen and oxygen atoms in total. The van der Waals surface area contributed by atoms with Crippen LogP contribution in [0.5, 0.6) is 0 Å². The molecule has 1 atom stereocenters. The highest BCUT2D eigenvalue weighted by Gasteiger charge is 2.40. The number of nitrogens with zero attached hydrogens (tertiary/aromatic N) is 2. The molecule has 2 N–H and O–H groups in total. The van der Waals surface area contributed by atoms with Gasteiger partial charge in [-0.1, -0.05) is 30.3 Å². The fourth-order valence-corrected chi connectivity index (χ4v) is 2.78. The third-order valence-electron chi connectivity index (χ3n) is 4.05. The zero-order valence-electron chi connectivity index (χ0n) is 16.0. The quantitative estimate of drug-likeness (QED) is 0.832. The fourth-order valence-electron chi connectivity index (χ4n) is 2.78. The number of benzene rings is 1. The summed E-state index contributed by atoms with van der Waals surface area (Å²) < 4.78 is 5.34. The van der Waals surface area contributed by atoms with Crippen molar-refractivity contribution in [3.05, 3.63) is 35.9 Å². The number of ether oxygens (including phenoxy) is 1. The van der Waals surface area contributed by atoms with Gasteiger partial charge in [-0.25, -0.2) is 19.3 Å². The molecule has 0 saturated carbocycles. The highest BCUT2D eigenvalue weighted by Crippen LogP contribution is 2.18. The highest BCUT2D eigenvalue weighted by molar-refractivity contribution is 5.96. The lowest BCUT2D eigenvalue weighted by molar-refractivity contribution is -0.142. The number of nitrogens with one attached hydrogen (secondary N) is 1. The molecule has 8 heteroatoms. The van der Waals surface area contributed by atoms with Crippen molar-refractivity contribution in [3.8, 4) is 0 Å². The molecule has 3 amide bonds. The number of carbonyl (C=O) groups excluding carboxylic acids is 2. The lowest BCUT2D eigenvalue weighted by Gasteiger charge is -2.35. The summed E-state index contributed by atoms with van der Waals surface area (Å²) in [7, 11) is 0. The molecule has 0 aromatic heterocycles. The first kappa shape index (κ1) is 20.7. The monoisotopic (exact) mass is 377 g/mol. The molecule has 148 valence electrons. The number of hydrogen-bond acceptors (Lipinski definition) is 5. The lowest BCUT2D eigenvalue weighted by atomic mass is 10.0. The molecular formula is C19H27N3O5. The van der Waals surface area contributed by atoms with Crippen LogP contribution in [0.15, 0.2) is 30.3 Å². The lowest BCUT2D eigenvalue weighted by Crippen LogP contribution is -2.58. The van der Waals surface area contributed by atoms with Crippen molar-refractivity contribution in [1.82, 2.24) is 15.1 Å². The first-order valence-electron chi connectivity index (χ1n) is 8.97. The van der Waals surface area contributed by atoms with E-state index in [1.165, 1.54) is 4.90 Å². The number of aliphatic carboxylic acids is 1. The van der Waals surface area contributed by atoms with E-state index in [-0.39, 0.29) is 6.42 Å². The van der Waals surface area contributed by atoms with Gasteiger partial charge in [0.05, 0.1) is 0 Å². The van der Waals surface area contributed by atoms with Crippen LogP contribution in [0, 0.1) is 0 Å². The molecule has 1 saturated heterocycles. The molecule has 1 aliphatic heterocycles. The van der Waals surface area contributed by atoms with Crippen molar-refractivity contribution < 1.29 is 24.2 Å². The maximum absolute atomic E-state index is 13.0. The van der Waals surface area contributed by atoms with Gasteiger partial charge in [0.15, 0.2) is 0 Å². The van der Waals surface area contributed by atoms with Gasteiger partial charge >= 0.3 is 18.1 Å². The molecule has 27 heavy (non-hydrogen) atoms. The summed E-state index contributed by atoms with van der Waals surface area (Å²) in [5.74, 6) is -1.26. The minimum absolute atomic E-state index is 0.00719. The minimum Gasteiger partial charge on any atom is -0.480 e. The molecule has 1 aliphatic rings. The van der Waals surface area contributed by atoms with E-state index < -0.39 is 29.7 Å². The number of carbonyl (C=O) groups is 3. The maximum atomic E-state index is 13.0. The van der Waals surface area contributed by atoms with Gasteiger partial charge in [-0.3, -0.25) is 0 Å². The number of imide groups is 1. The van der Waals surface area contributed by atoms with Crippen molar-refractivity contribution in [3.63, 3.8) is 0 Å². The largest absolute Gasteiger partial charge is 0.480 e. The van der Waals surface area contributed by atoms with Gasteiger partial charge in [-0.15, -0.1) is 0 Å². The topological polar surface area (TPSA) is 99.2 Å². The summed E-state index contributed by atoms with van der Waals surface area (Å²) in [5.41, 5.74) is -0.138. The predicted molar refractivity (Wildman–Crippen MR) is 99.5 cm³/mol.